The number of hydrogen-bond donors (Lipinski definition) is 5. The predicted octanol–water partition coefficient (Wildman–Crippen LogP) is 9.81. The number of anilines is 1. The summed E-state index contributed by atoms with van der Waals surface area (Å²) in [5.41, 5.74) is 6.36. The molecule has 0 saturated heterocycles. The van der Waals surface area contributed by atoms with E-state index >= 15 is 0 Å². The first kappa shape index (κ1) is 42.7. The van der Waals surface area contributed by atoms with Crippen LogP contribution in [0.1, 0.15) is 0 Å². The van der Waals surface area contributed by atoms with E-state index in [2.05, 4.69) is 30.7 Å². The maximum absolute atomic E-state index is 12.3. The second-order valence-electron chi connectivity index (χ2n) is 13.6. The van der Waals surface area contributed by atoms with Crippen LogP contribution in [0.4, 0.5) is 39.8 Å². The molecule has 1 unspecified atom stereocenters. The summed E-state index contributed by atoms with van der Waals surface area (Å²) in [6.07, 6.45) is 0. The molecule has 0 aliphatic rings. The van der Waals surface area contributed by atoms with Gasteiger partial charge in [0, 0.05) is 43.4 Å². The highest BCUT2D eigenvalue weighted by Crippen LogP contribution is 2.43. The first-order valence-electron chi connectivity index (χ1n) is 17.8. The van der Waals surface area contributed by atoms with Crippen molar-refractivity contribution in [1.29, 1.82) is 0 Å². The van der Waals surface area contributed by atoms with Crippen molar-refractivity contribution in [3.63, 3.8) is 0 Å². The third-order valence-electron chi connectivity index (χ3n) is 9.63. The summed E-state index contributed by atoms with van der Waals surface area (Å²) >= 11 is -2.88. The van der Waals surface area contributed by atoms with Gasteiger partial charge in [-0.05, 0) is 95.3 Å². The lowest BCUT2D eigenvalue weighted by atomic mass is 10.1. The van der Waals surface area contributed by atoms with Crippen LogP contribution >= 0.6 is 0 Å². The molecule has 63 heavy (non-hydrogen) atoms. The molecular weight excluding hydrogens is 899 g/mol. The summed E-state index contributed by atoms with van der Waals surface area (Å²) < 4.78 is 127. The van der Waals surface area contributed by atoms with Gasteiger partial charge in [0.25, 0.3) is 30.4 Å². The minimum Gasteiger partial charge on any atom is -0.768 e. The van der Waals surface area contributed by atoms with E-state index in [4.69, 9.17) is 5.73 Å². The molecule has 0 aliphatic carbocycles. The Bertz CT molecular complexity index is 3730. The molecule has 0 amide bonds. The number of hydrogen-bond acceptors (Lipinski definition) is 16. The summed E-state index contributed by atoms with van der Waals surface area (Å²) in [5, 5.41) is 38.0. The van der Waals surface area contributed by atoms with Gasteiger partial charge in [0.2, 0.25) is 0 Å². The average molecular weight is 925 g/mol. The fourth-order valence-electron chi connectivity index (χ4n) is 6.80. The van der Waals surface area contributed by atoms with E-state index in [1.165, 1.54) is 66.7 Å². The van der Waals surface area contributed by atoms with E-state index < -0.39 is 72.5 Å². The molecule has 0 saturated carbocycles. The smallest absolute Gasteiger partial charge is 0.295 e. The highest BCUT2D eigenvalue weighted by atomic mass is 32.2. The highest BCUT2D eigenvalue weighted by molar-refractivity contribution is 7.86. The quantitative estimate of drug-likeness (QED) is 0.0369. The van der Waals surface area contributed by atoms with Gasteiger partial charge in [-0.1, -0.05) is 42.5 Å². The molecule has 19 nitrogen and oxygen atoms in total. The number of nitrogens with zero attached hydrogens (tertiary/aromatic N) is 6. The number of benzene rings is 8. The van der Waals surface area contributed by atoms with Crippen molar-refractivity contribution < 1.29 is 52.8 Å². The molecule has 8 rings (SSSR count). The van der Waals surface area contributed by atoms with E-state index in [9.17, 15) is 52.8 Å². The van der Waals surface area contributed by atoms with Crippen LogP contribution in [0.15, 0.2) is 172 Å². The zero-order valence-corrected chi connectivity index (χ0v) is 34.8. The molecule has 0 radical (unpaired) electrons. The van der Waals surface area contributed by atoms with Crippen molar-refractivity contribution >= 4 is 124 Å². The Balaban J connectivity index is 1.19. The van der Waals surface area contributed by atoms with Crippen molar-refractivity contribution in [2.45, 2.75) is 19.6 Å². The first-order valence-corrected chi connectivity index (χ1v) is 23.1. The van der Waals surface area contributed by atoms with Crippen LogP contribution in [0, 0.1) is 0 Å². The Morgan fingerprint density at radius 1 is 0.492 bits per heavy atom. The van der Waals surface area contributed by atoms with Gasteiger partial charge >= 0.3 is 0 Å². The Kier molecular flexibility index (Phi) is 10.9. The first-order chi connectivity index (χ1) is 29.8. The van der Waals surface area contributed by atoms with Gasteiger partial charge < -0.3 is 15.4 Å². The highest BCUT2D eigenvalue weighted by Gasteiger charge is 2.22. The molecule has 0 aromatic heterocycles. The van der Waals surface area contributed by atoms with Crippen molar-refractivity contribution in [2.24, 2.45) is 30.7 Å². The Morgan fingerprint density at radius 2 is 1.03 bits per heavy atom. The van der Waals surface area contributed by atoms with E-state index in [-0.39, 0.29) is 49.7 Å². The Hall–Kier alpha value is -6.96. The van der Waals surface area contributed by atoms with E-state index in [0.717, 1.165) is 24.3 Å². The molecule has 318 valence electrons. The van der Waals surface area contributed by atoms with Crippen molar-refractivity contribution in [3.8, 4) is 5.75 Å². The van der Waals surface area contributed by atoms with Gasteiger partial charge in [0.05, 0.1) is 38.2 Å². The molecule has 0 fully saturated rings. The summed E-state index contributed by atoms with van der Waals surface area (Å²) in [5.74, 6) is -0.502. The van der Waals surface area contributed by atoms with Crippen LogP contribution in [-0.2, 0) is 41.4 Å². The number of phenolic OH excluding ortho intramolecular Hbond substituents is 1. The number of phenols is 1. The van der Waals surface area contributed by atoms with Gasteiger partial charge in [0.15, 0.2) is 5.75 Å². The van der Waals surface area contributed by atoms with Gasteiger partial charge in [-0.3, -0.25) is 17.9 Å². The number of nitrogens with two attached hydrogens (primary N) is 1. The van der Waals surface area contributed by atoms with E-state index in [0.29, 0.717) is 27.5 Å². The third kappa shape index (κ3) is 8.49. The number of fused-ring (bicyclic) bond motifs is 4. The fraction of sp³-hybridized carbons (Fsp3) is 0. The predicted molar refractivity (Wildman–Crippen MR) is 231 cm³/mol. The molecular formula is C40H26N7O12S4-. The standard InChI is InChI=1S/C40H27N7O12S4/c41-22-8-10-25-21(16-22)17-36(60(49)50)39(40(25)48)47-46-35-15-14-34(28-11-9-24(20-30(28)35)61(51,52)53)45-44-33-13-12-32(26-4-1-2-5-27(26)33)43-42-23-18-31-29(38(19-23)63(57,58)59)6-3-7-37(31)62(54,55)56/h1-20,48H,41H2,(H,49,50)(H,51,52,53)(H,54,55,56)(H,57,58,59)/p-1. The monoisotopic (exact) mass is 924 g/mol. The van der Waals surface area contributed by atoms with Crippen LogP contribution in [0.2, 0.25) is 0 Å². The second-order valence-corrected chi connectivity index (χ2v) is 18.7. The number of nitrogen functional groups attached to an aromatic ring is 1. The lowest BCUT2D eigenvalue weighted by Gasteiger charge is -2.13. The van der Waals surface area contributed by atoms with Crippen LogP contribution in [0.3, 0.4) is 0 Å². The molecule has 8 aromatic rings. The maximum atomic E-state index is 12.3. The number of azo groups is 3. The van der Waals surface area contributed by atoms with Crippen LogP contribution in [-0.4, -0.2) is 52.8 Å². The lowest BCUT2D eigenvalue weighted by molar-refractivity contribution is 0.480. The molecule has 0 bridgehead atoms. The minimum absolute atomic E-state index is 0.00150. The summed E-state index contributed by atoms with van der Waals surface area (Å²) in [7, 11) is -14.4. The molecule has 0 aliphatic heterocycles. The van der Waals surface area contributed by atoms with E-state index in [1.54, 1.807) is 30.3 Å². The van der Waals surface area contributed by atoms with Crippen LogP contribution < -0.4 is 5.73 Å². The Morgan fingerprint density at radius 3 is 1.62 bits per heavy atom. The minimum atomic E-state index is -4.90. The van der Waals surface area contributed by atoms with Gasteiger partial charge in [-0.15, -0.1) is 25.6 Å². The fourth-order valence-corrected chi connectivity index (χ4v) is 9.24. The van der Waals surface area contributed by atoms with Crippen LogP contribution in [0.5, 0.6) is 5.75 Å². The molecule has 1 atom stereocenters. The molecule has 0 heterocycles. The number of aromatic hydroxyl groups is 1. The normalized spacial score (nSPS) is 13.4. The SMILES string of the molecule is Nc1ccc2c(O)c(N=Nc3ccc(N=Nc4ccc(N=Nc5cc(S(=O)(=O)O)c6cccc(S(=O)(=O)O)c6c5)c5ccccc45)c4ccc(S(=O)(=O)O)cc34)c(S(=O)[O-])cc2c1. The third-order valence-corrected chi connectivity index (χ3v) is 13.0. The Labute approximate surface area is 358 Å². The van der Waals surface area contributed by atoms with E-state index in [1.807, 2.05) is 0 Å². The van der Waals surface area contributed by atoms with Gasteiger partial charge in [0.1, 0.15) is 15.5 Å². The van der Waals surface area contributed by atoms with Gasteiger partial charge in [-0.25, -0.2) is 0 Å². The molecule has 8 aromatic carbocycles. The van der Waals surface area contributed by atoms with Gasteiger partial charge in [-0.2, -0.15) is 30.4 Å². The topological polar surface area (TPSA) is 324 Å². The lowest BCUT2D eigenvalue weighted by Crippen LogP contribution is -2.03. The zero-order valence-electron chi connectivity index (χ0n) is 31.5. The van der Waals surface area contributed by atoms with Crippen molar-refractivity contribution in [2.75, 3.05) is 5.73 Å². The molecule has 6 N–H and O–H groups in total. The second kappa shape index (κ2) is 16.1. The maximum Gasteiger partial charge on any atom is 0.295 e. The molecule has 23 heteroatoms. The summed E-state index contributed by atoms with van der Waals surface area (Å²) in [4.78, 5) is -2.18. The van der Waals surface area contributed by atoms with Crippen molar-refractivity contribution in [3.05, 3.63) is 121 Å². The zero-order chi connectivity index (χ0) is 45.0. The molecule has 0 spiro atoms. The summed E-state index contributed by atoms with van der Waals surface area (Å²) in [6.45, 7) is 0. The van der Waals surface area contributed by atoms with Crippen molar-refractivity contribution in [1.82, 2.24) is 0 Å². The largest absolute Gasteiger partial charge is 0.768 e. The summed E-state index contributed by atoms with van der Waals surface area (Å²) in [6, 6.07) is 27.7. The number of rotatable bonds is 10. The van der Waals surface area contributed by atoms with Crippen LogP contribution in [0.25, 0.3) is 43.1 Å². The average Bonchev–Trinajstić information content (AvgIpc) is 3.23.